The van der Waals surface area contributed by atoms with Crippen molar-refractivity contribution in [1.82, 2.24) is 0 Å². The predicted molar refractivity (Wildman–Crippen MR) is 81.7 cm³/mol. The molecule has 0 aliphatic heterocycles. The molecule has 5 heteroatoms. The van der Waals surface area contributed by atoms with E-state index in [-0.39, 0.29) is 12.7 Å². The van der Waals surface area contributed by atoms with E-state index in [1.807, 2.05) is 0 Å². The maximum atomic E-state index is 11.0. The van der Waals surface area contributed by atoms with Crippen LogP contribution in [-0.4, -0.2) is 23.9 Å². The molecule has 1 unspecified atom stereocenters. The van der Waals surface area contributed by atoms with E-state index in [0.29, 0.717) is 17.7 Å². The van der Waals surface area contributed by atoms with Gasteiger partial charge in [0.1, 0.15) is 11.9 Å². The Morgan fingerprint density at radius 1 is 1.29 bits per heavy atom. The predicted octanol–water partition coefficient (Wildman–Crippen LogP) is 3.73. The average molecular weight is 311 g/mol. The fourth-order valence-corrected chi connectivity index (χ4v) is 1.92. The topological polar surface area (TPSA) is 52.6 Å². The Bertz CT molecular complexity index is 482. The molecule has 0 saturated carbocycles. The van der Waals surface area contributed by atoms with E-state index < -0.39 is 11.2 Å². The van der Waals surface area contributed by atoms with Gasteiger partial charge in [-0.3, -0.25) is 4.79 Å². The number of rotatable bonds is 9. The SMILES string of the molecule is C=CC(=O)OCCC(CCC)Oc1ccc(C(=O)Cl)cc1. The molecule has 0 aliphatic rings. The highest BCUT2D eigenvalue weighted by molar-refractivity contribution is 6.67. The molecule has 1 rings (SSSR count). The molecule has 0 saturated heterocycles. The first kappa shape index (κ1) is 17.2. The van der Waals surface area contributed by atoms with Gasteiger partial charge in [-0.2, -0.15) is 0 Å². The molecule has 114 valence electrons. The first-order valence-electron chi connectivity index (χ1n) is 6.82. The van der Waals surface area contributed by atoms with Crippen LogP contribution in [0.3, 0.4) is 0 Å². The van der Waals surface area contributed by atoms with Crippen molar-refractivity contribution >= 4 is 22.8 Å². The minimum Gasteiger partial charge on any atom is -0.490 e. The Kier molecular flexibility index (Phi) is 7.54. The molecule has 21 heavy (non-hydrogen) atoms. The summed E-state index contributed by atoms with van der Waals surface area (Å²) in [4.78, 5) is 22.0. The maximum absolute atomic E-state index is 11.0. The largest absolute Gasteiger partial charge is 0.490 e. The summed E-state index contributed by atoms with van der Waals surface area (Å²) in [5, 5.41) is -0.497. The van der Waals surface area contributed by atoms with Crippen molar-refractivity contribution in [2.75, 3.05) is 6.61 Å². The minimum absolute atomic E-state index is 0.0508. The van der Waals surface area contributed by atoms with Crippen LogP contribution in [0.4, 0.5) is 0 Å². The summed E-state index contributed by atoms with van der Waals surface area (Å²) < 4.78 is 10.8. The lowest BCUT2D eigenvalue weighted by Gasteiger charge is -2.18. The molecule has 0 aromatic heterocycles. The molecule has 0 fully saturated rings. The van der Waals surface area contributed by atoms with Crippen molar-refractivity contribution in [2.24, 2.45) is 0 Å². The Hall–Kier alpha value is -1.81. The van der Waals surface area contributed by atoms with Gasteiger partial charge in [-0.25, -0.2) is 4.79 Å². The highest BCUT2D eigenvalue weighted by Gasteiger charge is 2.11. The lowest BCUT2D eigenvalue weighted by Crippen LogP contribution is -2.19. The first-order valence-corrected chi connectivity index (χ1v) is 7.20. The van der Waals surface area contributed by atoms with Crippen LogP contribution in [0, 0.1) is 0 Å². The lowest BCUT2D eigenvalue weighted by molar-refractivity contribution is -0.138. The van der Waals surface area contributed by atoms with Crippen LogP contribution >= 0.6 is 11.6 Å². The number of carbonyl (C=O) groups is 2. The van der Waals surface area contributed by atoms with E-state index in [1.165, 1.54) is 0 Å². The normalized spacial score (nSPS) is 11.5. The third-order valence-corrected chi connectivity index (χ3v) is 3.06. The van der Waals surface area contributed by atoms with Gasteiger partial charge < -0.3 is 9.47 Å². The highest BCUT2D eigenvalue weighted by atomic mass is 35.5. The fourth-order valence-electron chi connectivity index (χ4n) is 1.79. The van der Waals surface area contributed by atoms with Crippen molar-refractivity contribution in [3.8, 4) is 5.75 Å². The zero-order valence-corrected chi connectivity index (χ0v) is 12.8. The molecule has 1 aromatic rings. The number of hydrogen-bond donors (Lipinski definition) is 0. The summed E-state index contributed by atoms with van der Waals surface area (Å²) >= 11 is 5.39. The third-order valence-electron chi connectivity index (χ3n) is 2.85. The van der Waals surface area contributed by atoms with E-state index in [1.54, 1.807) is 24.3 Å². The minimum atomic E-state index is -0.497. The molecule has 0 radical (unpaired) electrons. The van der Waals surface area contributed by atoms with Crippen molar-refractivity contribution < 1.29 is 19.1 Å². The maximum Gasteiger partial charge on any atom is 0.330 e. The average Bonchev–Trinajstić information content (AvgIpc) is 2.47. The zero-order chi connectivity index (χ0) is 15.7. The van der Waals surface area contributed by atoms with Gasteiger partial charge in [-0.1, -0.05) is 19.9 Å². The molecular formula is C16H19ClO4. The van der Waals surface area contributed by atoms with Gasteiger partial charge in [0.05, 0.1) is 6.61 Å². The number of carbonyl (C=O) groups excluding carboxylic acids is 2. The Balaban J connectivity index is 2.54. The van der Waals surface area contributed by atoms with E-state index in [4.69, 9.17) is 21.1 Å². The summed E-state index contributed by atoms with van der Waals surface area (Å²) in [6.07, 6.45) is 3.49. The molecule has 0 heterocycles. The third kappa shape index (κ3) is 6.45. The lowest BCUT2D eigenvalue weighted by atomic mass is 10.1. The fraction of sp³-hybridized carbons (Fsp3) is 0.375. The van der Waals surface area contributed by atoms with Gasteiger partial charge in [0.15, 0.2) is 0 Å². The van der Waals surface area contributed by atoms with Gasteiger partial charge in [-0.15, -0.1) is 0 Å². The van der Waals surface area contributed by atoms with Gasteiger partial charge in [0.25, 0.3) is 5.24 Å². The molecular weight excluding hydrogens is 292 g/mol. The number of ether oxygens (including phenoxy) is 2. The second-order valence-electron chi connectivity index (χ2n) is 4.49. The van der Waals surface area contributed by atoms with Crippen LogP contribution in [0.5, 0.6) is 5.75 Å². The van der Waals surface area contributed by atoms with Crippen molar-refractivity contribution in [1.29, 1.82) is 0 Å². The van der Waals surface area contributed by atoms with Crippen LogP contribution in [0.25, 0.3) is 0 Å². The summed E-state index contributed by atoms with van der Waals surface area (Å²) in [5.74, 6) is 0.223. The molecule has 0 N–H and O–H groups in total. The van der Waals surface area contributed by atoms with E-state index >= 15 is 0 Å². The number of esters is 1. The highest BCUT2D eigenvalue weighted by Crippen LogP contribution is 2.18. The van der Waals surface area contributed by atoms with E-state index in [0.717, 1.165) is 18.9 Å². The quantitative estimate of drug-likeness (QED) is 0.396. The van der Waals surface area contributed by atoms with Gasteiger partial charge >= 0.3 is 5.97 Å². The van der Waals surface area contributed by atoms with Crippen molar-refractivity contribution in [2.45, 2.75) is 32.3 Å². The van der Waals surface area contributed by atoms with Crippen LogP contribution < -0.4 is 4.74 Å². The Morgan fingerprint density at radius 2 is 1.95 bits per heavy atom. The monoisotopic (exact) mass is 310 g/mol. The Morgan fingerprint density at radius 3 is 2.48 bits per heavy atom. The van der Waals surface area contributed by atoms with Crippen molar-refractivity contribution in [3.63, 3.8) is 0 Å². The molecule has 0 amide bonds. The van der Waals surface area contributed by atoms with Gasteiger partial charge in [0, 0.05) is 18.1 Å². The summed E-state index contributed by atoms with van der Waals surface area (Å²) in [6, 6.07) is 6.64. The molecule has 0 bridgehead atoms. The molecule has 0 spiro atoms. The first-order chi connectivity index (χ1) is 10.1. The molecule has 1 aromatic carbocycles. The zero-order valence-electron chi connectivity index (χ0n) is 12.0. The summed E-state index contributed by atoms with van der Waals surface area (Å²) in [6.45, 7) is 5.68. The van der Waals surface area contributed by atoms with Gasteiger partial charge in [0.2, 0.25) is 0 Å². The number of halogens is 1. The number of hydrogen-bond acceptors (Lipinski definition) is 4. The standard InChI is InChI=1S/C16H19ClO4/c1-3-5-13(10-11-20-15(18)4-2)21-14-8-6-12(7-9-14)16(17)19/h4,6-9,13H,2-3,5,10-11H2,1H3. The van der Waals surface area contributed by atoms with E-state index in [2.05, 4.69) is 13.5 Å². The molecule has 0 aliphatic carbocycles. The number of benzene rings is 1. The summed E-state index contributed by atoms with van der Waals surface area (Å²) in [5.41, 5.74) is 0.427. The Labute approximate surface area is 129 Å². The second kappa shape index (κ2) is 9.19. The van der Waals surface area contributed by atoms with Crippen LogP contribution in [0.2, 0.25) is 0 Å². The van der Waals surface area contributed by atoms with Crippen LogP contribution in [-0.2, 0) is 9.53 Å². The summed E-state index contributed by atoms with van der Waals surface area (Å²) in [7, 11) is 0. The van der Waals surface area contributed by atoms with Crippen LogP contribution in [0.1, 0.15) is 36.5 Å². The van der Waals surface area contributed by atoms with Crippen LogP contribution in [0.15, 0.2) is 36.9 Å². The molecule has 1 atom stereocenters. The molecule has 4 nitrogen and oxygen atoms in total. The van der Waals surface area contributed by atoms with E-state index in [9.17, 15) is 9.59 Å². The smallest absolute Gasteiger partial charge is 0.330 e. The second-order valence-corrected chi connectivity index (χ2v) is 4.83. The van der Waals surface area contributed by atoms with Gasteiger partial charge in [-0.05, 0) is 42.3 Å². The van der Waals surface area contributed by atoms with Crippen molar-refractivity contribution in [3.05, 3.63) is 42.5 Å².